The predicted molar refractivity (Wildman–Crippen MR) is 110 cm³/mol. The van der Waals surface area contributed by atoms with E-state index in [1.165, 1.54) is 10.8 Å². The van der Waals surface area contributed by atoms with Crippen molar-refractivity contribution >= 4 is 16.7 Å². The number of carbonyl (C=O) groups is 1. The molecule has 2 aromatic carbocycles. The Morgan fingerprint density at radius 1 is 1.19 bits per heavy atom. The Morgan fingerprint density at radius 3 is 2.48 bits per heavy atom. The molecule has 0 radical (unpaired) electrons. The SMILES string of the molecule is CC1CN(Cc2cc(-c3ccc4ccccc4c3)on2)CC1CN.O=C(O)C(F)(F)F. The van der Waals surface area contributed by atoms with E-state index in [4.69, 9.17) is 20.2 Å². The van der Waals surface area contributed by atoms with Gasteiger partial charge in [0.15, 0.2) is 5.76 Å². The highest BCUT2D eigenvalue weighted by molar-refractivity contribution is 5.86. The van der Waals surface area contributed by atoms with Crippen LogP contribution >= 0.6 is 0 Å². The van der Waals surface area contributed by atoms with Gasteiger partial charge in [-0.2, -0.15) is 13.2 Å². The molecule has 0 saturated carbocycles. The van der Waals surface area contributed by atoms with Crippen molar-refractivity contribution in [2.75, 3.05) is 19.6 Å². The van der Waals surface area contributed by atoms with Crippen molar-refractivity contribution in [2.45, 2.75) is 19.6 Å². The molecule has 0 spiro atoms. The average molecular weight is 435 g/mol. The summed E-state index contributed by atoms with van der Waals surface area (Å²) in [6, 6.07) is 16.8. The van der Waals surface area contributed by atoms with Gasteiger partial charge in [-0.1, -0.05) is 48.5 Å². The van der Waals surface area contributed by atoms with E-state index in [0.29, 0.717) is 11.8 Å². The van der Waals surface area contributed by atoms with Crippen molar-refractivity contribution in [3.8, 4) is 11.3 Å². The van der Waals surface area contributed by atoms with Crippen molar-refractivity contribution in [2.24, 2.45) is 17.6 Å². The summed E-state index contributed by atoms with van der Waals surface area (Å²) >= 11 is 0. The third-order valence-corrected chi connectivity index (χ3v) is 5.37. The zero-order valence-corrected chi connectivity index (χ0v) is 17.0. The topological polar surface area (TPSA) is 92.6 Å². The van der Waals surface area contributed by atoms with Gasteiger partial charge < -0.3 is 15.4 Å². The van der Waals surface area contributed by atoms with Crippen LogP contribution in [0.5, 0.6) is 0 Å². The number of carboxylic acids is 1. The molecule has 1 aliphatic heterocycles. The number of aliphatic carboxylic acids is 1. The lowest BCUT2D eigenvalue weighted by Gasteiger charge is -2.12. The molecule has 2 atom stereocenters. The van der Waals surface area contributed by atoms with E-state index in [0.717, 1.165) is 43.2 Å². The van der Waals surface area contributed by atoms with Crippen LogP contribution in [0.15, 0.2) is 53.1 Å². The van der Waals surface area contributed by atoms with E-state index in [2.05, 4.69) is 65.5 Å². The van der Waals surface area contributed by atoms with Crippen LogP contribution in [-0.2, 0) is 11.3 Å². The Labute approximate surface area is 177 Å². The van der Waals surface area contributed by atoms with Crippen molar-refractivity contribution in [3.63, 3.8) is 0 Å². The molecule has 1 aliphatic rings. The Balaban J connectivity index is 0.000000339. The number of rotatable bonds is 4. The zero-order chi connectivity index (χ0) is 22.6. The summed E-state index contributed by atoms with van der Waals surface area (Å²) in [7, 11) is 0. The summed E-state index contributed by atoms with van der Waals surface area (Å²) in [5, 5.41) is 13.8. The van der Waals surface area contributed by atoms with Gasteiger partial charge in [-0.25, -0.2) is 4.79 Å². The molecule has 0 amide bonds. The second kappa shape index (κ2) is 9.49. The molecular weight excluding hydrogens is 411 g/mol. The number of hydrogen-bond donors (Lipinski definition) is 2. The van der Waals surface area contributed by atoms with Gasteiger partial charge in [0.2, 0.25) is 0 Å². The lowest BCUT2D eigenvalue weighted by atomic mass is 9.99. The molecule has 9 heteroatoms. The molecule has 6 nitrogen and oxygen atoms in total. The second-order valence-electron chi connectivity index (χ2n) is 7.71. The first-order valence-electron chi connectivity index (χ1n) is 9.84. The van der Waals surface area contributed by atoms with Crippen LogP contribution in [-0.4, -0.2) is 46.9 Å². The summed E-state index contributed by atoms with van der Waals surface area (Å²) in [4.78, 5) is 11.3. The van der Waals surface area contributed by atoms with Crippen LogP contribution in [0.4, 0.5) is 13.2 Å². The highest BCUT2D eigenvalue weighted by Gasteiger charge is 2.38. The van der Waals surface area contributed by atoms with Gasteiger partial charge in [0, 0.05) is 31.3 Å². The van der Waals surface area contributed by atoms with Crippen LogP contribution < -0.4 is 5.73 Å². The minimum atomic E-state index is -5.08. The number of benzene rings is 2. The molecule has 2 heterocycles. The number of nitrogens with zero attached hydrogens (tertiary/aromatic N) is 2. The lowest BCUT2D eigenvalue weighted by molar-refractivity contribution is -0.192. The van der Waals surface area contributed by atoms with Gasteiger partial charge in [0.1, 0.15) is 0 Å². The first-order valence-corrected chi connectivity index (χ1v) is 9.84. The van der Waals surface area contributed by atoms with Crippen LogP contribution in [0.1, 0.15) is 12.6 Å². The van der Waals surface area contributed by atoms with E-state index < -0.39 is 12.1 Å². The number of aromatic nitrogens is 1. The zero-order valence-electron chi connectivity index (χ0n) is 17.0. The predicted octanol–water partition coefficient (Wildman–Crippen LogP) is 4.15. The Hall–Kier alpha value is -2.91. The monoisotopic (exact) mass is 435 g/mol. The number of halogens is 3. The van der Waals surface area contributed by atoms with Crippen molar-refractivity contribution < 1.29 is 27.6 Å². The van der Waals surface area contributed by atoms with Crippen LogP contribution in [0.2, 0.25) is 0 Å². The third-order valence-electron chi connectivity index (χ3n) is 5.37. The molecule has 0 aliphatic carbocycles. The van der Waals surface area contributed by atoms with Crippen molar-refractivity contribution in [1.82, 2.24) is 10.1 Å². The fraction of sp³-hybridized carbons (Fsp3) is 0.364. The molecular formula is C22H24F3N3O3. The smallest absolute Gasteiger partial charge is 0.475 e. The Bertz CT molecular complexity index is 1040. The summed E-state index contributed by atoms with van der Waals surface area (Å²) in [6.07, 6.45) is -5.08. The van der Waals surface area contributed by atoms with Crippen LogP contribution in [0, 0.1) is 11.8 Å². The van der Waals surface area contributed by atoms with Crippen molar-refractivity contribution in [3.05, 3.63) is 54.2 Å². The number of fused-ring (bicyclic) bond motifs is 1. The third kappa shape index (κ3) is 5.83. The molecule has 1 saturated heterocycles. The van der Waals surface area contributed by atoms with Crippen LogP contribution in [0.25, 0.3) is 22.1 Å². The Kier molecular flexibility index (Phi) is 6.97. The molecule has 166 valence electrons. The number of hydrogen-bond acceptors (Lipinski definition) is 5. The normalized spacial score (nSPS) is 19.3. The summed E-state index contributed by atoms with van der Waals surface area (Å²) in [5.41, 5.74) is 7.90. The quantitative estimate of drug-likeness (QED) is 0.640. The lowest BCUT2D eigenvalue weighted by Crippen LogP contribution is -2.23. The fourth-order valence-corrected chi connectivity index (χ4v) is 3.67. The van der Waals surface area contributed by atoms with Crippen LogP contribution in [0.3, 0.4) is 0 Å². The van der Waals surface area contributed by atoms with Gasteiger partial charge in [0.05, 0.1) is 5.69 Å². The molecule has 3 N–H and O–H groups in total. The highest BCUT2D eigenvalue weighted by Crippen LogP contribution is 2.27. The van der Waals surface area contributed by atoms with Gasteiger partial charge in [-0.15, -0.1) is 0 Å². The maximum atomic E-state index is 10.6. The van der Waals surface area contributed by atoms with Gasteiger partial charge >= 0.3 is 12.1 Å². The minimum absolute atomic E-state index is 0.594. The first-order chi connectivity index (χ1) is 14.7. The van der Waals surface area contributed by atoms with Gasteiger partial charge in [-0.05, 0) is 35.2 Å². The average Bonchev–Trinajstić information content (AvgIpc) is 3.33. The van der Waals surface area contributed by atoms with Crippen molar-refractivity contribution in [1.29, 1.82) is 0 Å². The number of nitrogens with two attached hydrogens (primary N) is 1. The van der Waals surface area contributed by atoms with Gasteiger partial charge in [0.25, 0.3) is 0 Å². The summed E-state index contributed by atoms with van der Waals surface area (Å²) in [5.74, 6) is -0.676. The molecule has 0 bridgehead atoms. The van der Waals surface area contributed by atoms with E-state index >= 15 is 0 Å². The number of carboxylic acid groups (broad SMARTS) is 1. The molecule has 31 heavy (non-hydrogen) atoms. The largest absolute Gasteiger partial charge is 0.490 e. The molecule has 2 unspecified atom stereocenters. The highest BCUT2D eigenvalue weighted by atomic mass is 19.4. The molecule has 4 rings (SSSR count). The van der Waals surface area contributed by atoms with Gasteiger partial charge in [-0.3, -0.25) is 4.90 Å². The maximum absolute atomic E-state index is 10.6. The standard InChI is InChI=1S/C20H23N3O.C2HF3O2/c1-14-11-23(12-18(14)10-21)13-19-9-20(24-22-19)17-7-6-15-4-2-3-5-16(15)8-17;3-2(4,5)1(6)7/h2-9,14,18H,10-13,21H2,1H3;(H,6,7). The Morgan fingerprint density at radius 2 is 1.87 bits per heavy atom. The molecule has 1 aromatic heterocycles. The summed E-state index contributed by atoms with van der Waals surface area (Å²) < 4.78 is 37.3. The summed E-state index contributed by atoms with van der Waals surface area (Å²) in [6.45, 7) is 6.01. The van der Waals surface area contributed by atoms with E-state index in [9.17, 15) is 13.2 Å². The second-order valence-corrected chi connectivity index (χ2v) is 7.71. The minimum Gasteiger partial charge on any atom is -0.475 e. The van der Waals surface area contributed by atoms with E-state index in [1.807, 2.05) is 0 Å². The molecule has 1 fully saturated rings. The number of alkyl halides is 3. The van der Waals surface area contributed by atoms with E-state index in [-0.39, 0.29) is 0 Å². The fourth-order valence-electron chi connectivity index (χ4n) is 3.67. The maximum Gasteiger partial charge on any atom is 0.490 e. The number of likely N-dealkylation sites (tertiary alicyclic amines) is 1. The first kappa shape index (κ1) is 22.8. The molecule has 3 aromatic rings. The van der Waals surface area contributed by atoms with E-state index in [1.54, 1.807) is 0 Å².